The van der Waals surface area contributed by atoms with Gasteiger partial charge in [0.2, 0.25) is 0 Å². The van der Waals surface area contributed by atoms with Crippen LogP contribution in [-0.4, -0.2) is 16.2 Å². The van der Waals surface area contributed by atoms with Gasteiger partial charge in [-0.05, 0) is 13.2 Å². The van der Waals surface area contributed by atoms with E-state index < -0.39 is 0 Å². The second-order valence-electron chi connectivity index (χ2n) is 2.19. The van der Waals surface area contributed by atoms with E-state index >= 15 is 0 Å². The van der Waals surface area contributed by atoms with Crippen molar-refractivity contribution in [3.05, 3.63) is 23.1 Å². The normalized spacial score (nSPS) is 9.92. The standard InChI is InChI=1S/C8H9ClN2S/c1-4-6-7(9)10-5(2)11-8(6)12-3/h4H,1H2,2-3H3. The van der Waals surface area contributed by atoms with Crippen molar-refractivity contribution in [2.75, 3.05) is 6.26 Å². The second kappa shape index (κ2) is 3.92. The zero-order valence-corrected chi connectivity index (χ0v) is 8.54. The van der Waals surface area contributed by atoms with E-state index in [9.17, 15) is 0 Å². The monoisotopic (exact) mass is 200 g/mol. The summed E-state index contributed by atoms with van der Waals surface area (Å²) in [7, 11) is 0. The molecule has 2 nitrogen and oxygen atoms in total. The van der Waals surface area contributed by atoms with Crippen LogP contribution in [0.2, 0.25) is 5.15 Å². The molecule has 0 spiro atoms. The van der Waals surface area contributed by atoms with Gasteiger partial charge in [0.25, 0.3) is 0 Å². The second-order valence-corrected chi connectivity index (χ2v) is 3.34. The fourth-order valence-corrected chi connectivity index (χ4v) is 1.82. The van der Waals surface area contributed by atoms with Gasteiger partial charge in [0.1, 0.15) is 16.0 Å². The smallest absolute Gasteiger partial charge is 0.141 e. The van der Waals surface area contributed by atoms with Crippen molar-refractivity contribution >= 4 is 29.4 Å². The third-order valence-electron chi connectivity index (χ3n) is 1.37. The van der Waals surface area contributed by atoms with Crippen LogP contribution in [0.25, 0.3) is 6.08 Å². The maximum atomic E-state index is 5.88. The molecule has 0 N–H and O–H groups in total. The van der Waals surface area contributed by atoms with Crippen LogP contribution in [-0.2, 0) is 0 Å². The molecule has 0 saturated carbocycles. The average molecular weight is 201 g/mol. The van der Waals surface area contributed by atoms with Crippen molar-refractivity contribution in [2.45, 2.75) is 11.9 Å². The van der Waals surface area contributed by atoms with Crippen LogP contribution < -0.4 is 0 Å². The van der Waals surface area contributed by atoms with Gasteiger partial charge in [0.05, 0.1) is 0 Å². The van der Waals surface area contributed by atoms with Gasteiger partial charge in [-0.15, -0.1) is 11.8 Å². The minimum absolute atomic E-state index is 0.474. The van der Waals surface area contributed by atoms with Crippen molar-refractivity contribution in [2.24, 2.45) is 0 Å². The highest BCUT2D eigenvalue weighted by Crippen LogP contribution is 2.24. The lowest BCUT2D eigenvalue weighted by Gasteiger charge is -2.03. The molecule has 0 radical (unpaired) electrons. The minimum atomic E-state index is 0.474. The molecule has 0 unspecified atom stereocenters. The number of hydrogen-bond donors (Lipinski definition) is 0. The number of thioether (sulfide) groups is 1. The molecule has 0 atom stereocenters. The maximum Gasteiger partial charge on any atom is 0.141 e. The number of aryl methyl sites for hydroxylation is 1. The fourth-order valence-electron chi connectivity index (χ4n) is 0.850. The van der Waals surface area contributed by atoms with Gasteiger partial charge < -0.3 is 0 Å². The highest BCUT2D eigenvalue weighted by molar-refractivity contribution is 7.98. The first-order valence-electron chi connectivity index (χ1n) is 3.39. The van der Waals surface area contributed by atoms with Crippen molar-refractivity contribution in [1.29, 1.82) is 0 Å². The van der Waals surface area contributed by atoms with Gasteiger partial charge in [-0.3, -0.25) is 0 Å². The molecule has 0 aliphatic heterocycles. The van der Waals surface area contributed by atoms with Gasteiger partial charge in [-0.1, -0.05) is 24.3 Å². The number of rotatable bonds is 2. The van der Waals surface area contributed by atoms with Crippen LogP contribution in [0.1, 0.15) is 11.4 Å². The van der Waals surface area contributed by atoms with Gasteiger partial charge >= 0.3 is 0 Å². The maximum absolute atomic E-state index is 5.88. The number of halogens is 1. The first-order valence-corrected chi connectivity index (χ1v) is 5.00. The summed E-state index contributed by atoms with van der Waals surface area (Å²) in [5.74, 6) is 0.690. The highest BCUT2D eigenvalue weighted by Gasteiger charge is 2.06. The number of hydrogen-bond acceptors (Lipinski definition) is 3. The number of nitrogens with zero attached hydrogens (tertiary/aromatic N) is 2. The Labute approximate surface area is 81.1 Å². The van der Waals surface area contributed by atoms with E-state index in [1.807, 2.05) is 13.2 Å². The SMILES string of the molecule is C=Cc1c(Cl)nc(C)nc1SC. The van der Waals surface area contributed by atoms with Gasteiger partial charge in [0, 0.05) is 5.56 Å². The third-order valence-corrected chi connectivity index (χ3v) is 2.36. The Kier molecular flexibility index (Phi) is 3.12. The van der Waals surface area contributed by atoms with Crippen LogP contribution in [0.4, 0.5) is 0 Å². The zero-order valence-electron chi connectivity index (χ0n) is 6.97. The molecular weight excluding hydrogens is 192 g/mol. The van der Waals surface area contributed by atoms with Gasteiger partial charge in [0.15, 0.2) is 0 Å². The van der Waals surface area contributed by atoms with E-state index in [2.05, 4.69) is 16.5 Å². The van der Waals surface area contributed by atoms with E-state index in [4.69, 9.17) is 11.6 Å². The summed E-state index contributed by atoms with van der Waals surface area (Å²) in [6, 6.07) is 0. The summed E-state index contributed by atoms with van der Waals surface area (Å²) in [5, 5.41) is 1.35. The van der Waals surface area contributed by atoms with E-state index in [0.29, 0.717) is 11.0 Å². The van der Waals surface area contributed by atoms with Crippen LogP contribution in [0.3, 0.4) is 0 Å². The molecule has 1 heterocycles. The molecule has 0 amide bonds. The lowest BCUT2D eigenvalue weighted by atomic mass is 10.3. The molecule has 1 aromatic heterocycles. The third kappa shape index (κ3) is 1.79. The molecule has 4 heteroatoms. The quantitative estimate of drug-likeness (QED) is 0.543. The highest BCUT2D eigenvalue weighted by atomic mass is 35.5. The van der Waals surface area contributed by atoms with Crippen LogP contribution >= 0.6 is 23.4 Å². The Morgan fingerprint density at radius 1 is 1.50 bits per heavy atom. The first kappa shape index (κ1) is 9.55. The van der Waals surface area contributed by atoms with Crippen LogP contribution in [0, 0.1) is 6.92 Å². The molecule has 0 aromatic carbocycles. The van der Waals surface area contributed by atoms with Gasteiger partial charge in [-0.25, -0.2) is 9.97 Å². The zero-order chi connectivity index (χ0) is 9.14. The molecule has 1 aromatic rings. The van der Waals surface area contributed by atoms with Crippen LogP contribution in [0.5, 0.6) is 0 Å². The molecule has 0 aliphatic rings. The lowest BCUT2D eigenvalue weighted by Crippen LogP contribution is -1.94. The molecule has 0 saturated heterocycles. The Morgan fingerprint density at radius 3 is 2.67 bits per heavy atom. The summed E-state index contributed by atoms with van der Waals surface area (Å²) >= 11 is 7.42. The molecular formula is C8H9ClN2S. The fraction of sp³-hybridized carbons (Fsp3) is 0.250. The van der Waals surface area contributed by atoms with Gasteiger partial charge in [-0.2, -0.15) is 0 Å². The van der Waals surface area contributed by atoms with E-state index in [-0.39, 0.29) is 0 Å². The van der Waals surface area contributed by atoms with Crippen LogP contribution in [0.15, 0.2) is 11.6 Å². The molecule has 1 rings (SSSR count). The lowest BCUT2D eigenvalue weighted by molar-refractivity contribution is 0.962. The molecule has 0 fully saturated rings. The molecule has 12 heavy (non-hydrogen) atoms. The Hall–Kier alpha value is -0.540. The Bertz CT molecular complexity index is 312. The molecule has 0 bridgehead atoms. The summed E-state index contributed by atoms with van der Waals surface area (Å²) in [5.41, 5.74) is 0.815. The summed E-state index contributed by atoms with van der Waals surface area (Å²) < 4.78 is 0. The average Bonchev–Trinajstić information content (AvgIpc) is 2.03. The Balaban J connectivity index is 3.33. The predicted octanol–water partition coefficient (Wildman–Crippen LogP) is 2.80. The Morgan fingerprint density at radius 2 is 2.17 bits per heavy atom. The summed E-state index contributed by atoms with van der Waals surface area (Å²) in [6.07, 6.45) is 3.62. The first-order chi connectivity index (χ1) is 5.69. The topological polar surface area (TPSA) is 25.8 Å². The van der Waals surface area contributed by atoms with E-state index in [0.717, 1.165) is 10.6 Å². The van der Waals surface area contributed by atoms with Crippen molar-refractivity contribution in [1.82, 2.24) is 9.97 Å². The van der Waals surface area contributed by atoms with Crippen molar-refractivity contribution < 1.29 is 0 Å². The van der Waals surface area contributed by atoms with E-state index in [1.165, 1.54) is 0 Å². The summed E-state index contributed by atoms with van der Waals surface area (Å²) in [6.45, 7) is 5.47. The van der Waals surface area contributed by atoms with Crippen molar-refractivity contribution in [3.63, 3.8) is 0 Å². The van der Waals surface area contributed by atoms with E-state index in [1.54, 1.807) is 17.8 Å². The van der Waals surface area contributed by atoms with Crippen molar-refractivity contribution in [3.8, 4) is 0 Å². The summed E-state index contributed by atoms with van der Waals surface area (Å²) in [4.78, 5) is 8.24. The number of aromatic nitrogens is 2. The predicted molar refractivity (Wildman–Crippen MR) is 53.7 cm³/mol. The largest absolute Gasteiger partial charge is 0.226 e. The molecule has 64 valence electrons. The minimum Gasteiger partial charge on any atom is -0.226 e. The molecule has 0 aliphatic carbocycles.